The second kappa shape index (κ2) is 7.94. The quantitative estimate of drug-likeness (QED) is 0.577. The summed E-state index contributed by atoms with van der Waals surface area (Å²) in [6.45, 7) is -0.938. The van der Waals surface area contributed by atoms with Gasteiger partial charge >= 0.3 is 12.1 Å². The van der Waals surface area contributed by atoms with Crippen molar-refractivity contribution in [1.29, 1.82) is 0 Å². The lowest BCUT2D eigenvalue weighted by Crippen LogP contribution is -2.34. The molecule has 0 aliphatic rings. The van der Waals surface area contributed by atoms with E-state index in [-0.39, 0.29) is 16.0 Å². The van der Waals surface area contributed by atoms with Crippen molar-refractivity contribution in [3.8, 4) is 0 Å². The second-order valence-corrected chi connectivity index (χ2v) is 5.74. The van der Waals surface area contributed by atoms with Gasteiger partial charge in [0.25, 0.3) is 0 Å². The number of carboxylic acids is 1. The first-order valence-corrected chi connectivity index (χ1v) is 7.64. The molecule has 0 saturated heterocycles. The zero-order valence-corrected chi connectivity index (χ0v) is 14.2. The van der Waals surface area contributed by atoms with Crippen LogP contribution in [0, 0.1) is 0 Å². The molecule has 140 valence electrons. The van der Waals surface area contributed by atoms with Crippen LogP contribution < -0.4 is 10.6 Å². The summed E-state index contributed by atoms with van der Waals surface area (Å²) in [6, 6.07) is 2.69. The van der Waals surface area contributed by atoms with E-state index in [0.717, 1.165) is 0 Å². The molecule has 1 atom stereocenters. The largest absolute Gasteiger partial charge is 0.480 e. The third-order valence-corrected chi connectivity index (χ3v) is 3.80. The molecule has 0 aliphatic carbocycles. The Kier molecular flexibility index (Phi) is 6.11. The van der Waals surface area contributed by atoms with Crippen LogP contribution in [0.15, 0.2) is 24.4 Å². The van der Waals surface area contributed by atoms with E-state index in [1.807, 2.05) is 5.32 Å². The maximum atomic E-state index is 13.1. The molecule has 1 heterocycles. The summed E-state index contributed by atoms with van der Waals surface area (Å²) >= 11 is 11.6. The Balaban J connectivity index is 2.38. The molecule has 0 spiro atoms. The van der Waals surface area contributed by atoms with E-state index >= 15 is 0 Å². The molecule has 7 nitrogen and oxygen atoms in total. The monoisotopic (exact) mass is 410 g/mol. The first kappa shape index (κ1) is 20.0. The number of carboxylic acid groups (broad SMARTS) is 1. The van der Waals surface area contributed by atoms with Crippen LogP contribution in [0.4, 0.5) is 30.6 Å². The molecule has 26 heavy (non-hydrogen) atoms. The molecule has 4 N–H and O–H groups in total. The third kappa shape index (κ3) is 4.87. The number of rotatable bonds is 6. The van der Waals surface area contributed by atoms with E-state index in [1.165, 1.54) is 18.2 Å². The number of nitrogens with one attached hydrogen (secondary N) is 2. The van der Waals surface area contributed by atoms with Gasteiger partial charge in [0.15, 0.2) is 0 Å². The first-order valence-electron chi connectivity index (χ1n) is 6.88. The fourth-order valence-corrected chi connectivity index (χ4v) is 2.11. The molecular weight excluding hydrogens is 400 g/mol. The van der Waals surface area contributed by atoms with E-state index < -0.39 is 36.2 Å². The summed E-state index contributed by atoms with van der Waals surface area (Å²) in [6.07, 6.45) is -4.34. The highest BCUT2D eigenvalue weighted by Crippen LogP contribution is 2.34. The SMILES string of the molecule is O=C(O)[C@@H](CO)Nc1nc(Nc2ccc(Cl)c(Cl)c2)ncc1C(F)(F)F. The molecule has 0 bridgehead atoms. The number of aliphatic hydroxyl groups excluding tert-OH is 1. The zero-order chi connectivity index (χ0) is 19.5. The van der Waals surface area contributed by atoms with Crippen molar-refractivity contribution in [1.82, 2.24) is 9.97 Å². The van der Waals surface area contributed by atoms with Crippen molar-refractivity contribution < 1.29 is 28.2 Å². The number of carbonyl (C=O) groups is 1. The predicted molar refractivity (Wildman–Crippen MR) is 88.9 cm³/mol. The van der Waals surface area contributed by atoms with Gasteiger partial charge in [-0.05, 0) is 18.2 Å². The highest BCUT2D eigenvalue weighted by Gasteiger charge is 2.36. The minimum Gasteiger partial charge on any atom is -0.480 e. The molecule has 0 unspecified atom stereocenters. The molecule has 2 aromatic rings. The van der Waals surface area contributed by atoms with Crippen LogP contribution in [0.2, 0.25) is 10.0 Å². The number of hydrogen-bond donors (Lipinski definition) is 4. The highest BCUT2D eigenvalue weighted by atomic mass is 35.5. The Bertz CT molecular complexity index is 821. The molecule has 0 radical (unpaired) electrons. The van der Waals surface area contributed by atoms with E-state index in [4.69, 9.17) is 33.4 Å². The van der Waals surface area contributed by atoms with E-state index in [1.54, 1.807) is 0 Å². The molecule has 12 heteroatoms. The molecule has 0 amide bonds. The normalized spacial score (nSPS) is 12.5. The number of anilines is 3. The van der Waals surface area contributed by atoms with Gasteiger partial charge in [0, 0.05) is 11.9 Å². The average molecular weight is 411 g/mol. The van der Waals surface area contributed by atoms with Crippen molar-refractivity contribution >= 4 is 46.6 Å². The van der Waals surface area contributed by atoms with Gasteiger partial charge in [-0.2, -0.15) is 18.2 Å². The minimum absolute atomic E-state index is 0.202. The molecule has 0 aliphatic heterocycles. The minimum atomic E-state index is -4.83. The van der Waals surface area contributed by atoms with Gasteiger partial charge in [-0.1, -0.05) is 23.2 Å². The van der Waals surface area contributed by atoms with Crippen molar-refractivity contribution in [3.05, 3.63) is 40.0 Å². The van der Waals surface area contributed by atoms with Crippen molar-refractivity contribution in [2.45, 2.75) is 12.2 Å². The number of aromatic nitrogens is 2. The summed E-state index contributed by atoms with van der Waals surface area (Å²) in [5, 5.41) is 23.1. The van der Waals surface area contributed by atoms with Crippen LogP contribution >= 0.6 is 23.2 Å². The molecular formula is C14H11Cl2F3N4O3. The van der Waals surface area contributed by atoms with E-state index in [0.29, 0.717) is 11.9 Å². The highest BCUT2D eigenvalue weighted by molar-refractivity contribution is 6.42. The predicted octanol–water partition coefficient (Wildman–Crippen LogP) is 3.40. The number of hydrogen-bond acceptors (Lipinski definition) is 6. The van der Waals surface area contributed by atoms with Gasteiger partial charge in [0.1, 0.15) is 17.4 Å². The number of halogens is 5. The summed E-state index contributed by atoms with van der Waals surface area (Å²) in [4.78, 5) is 18.2. The lowest BCUT2D eigenvalue weighted by molar-refractivity contribution is -0.140. The molecule has 0 saturated carbocycles. The van der Waals surface area contributed by atoms with Crippen LogP contribution in [0.25, 0.3) is 0 Å². The van der Waals surface area contributed by atoms with Crippen LogP contribution in [0.1, 0.15) is 5.56 Å². The molecule has 1 aromatic heterocycles. The number of alkyl halides is 3. The topological polar surface area (TPSA) is 107 Å². The fraction of sp³-hybridized carbons (Fsp3) is 0.214. The fourth-order valence-electron chi connectivity index (χ4n) is 1.81. The van der Waals surface area contributed by atoms with E-state index in [9.17, 15) is 18.0 Å². The number of nitrogens with zero attached hydrogens (tertiary/aromatic N) is 2. The van der Waals surface area contributed by atoms with Crippen molar-refractivity contribution in [3.63, 3.8) is 0 Å². The van der Waals surface area contributed by atoms with Gasteiger partial charge in [-0.3, -0.25) is 0 Å². The van der Waals surface area contributed by atoms with Crippen LogP contribution in [-0.4, -0.2) is 38.8 Å². The number of aliphatic hydroxyl groups is 1. The van der Waals surface area contributed by atoms with Crippen LogP contribution in [0.5, 0.6) is 0 Å². The van der Waals surface area contributed by atoms with Crippen LogP contribution in [0.3, 0.4) is 0 Å². The maximum absolute atomic E-state index is 13.1. The Labute approximate surface area is 154 Å². The standard InChI is InChI=1S/C14H11Cl2F3N4O3/c15-8-2-1-6(3-9(8)16)21-13-20-4-7(14(17,18)19)11(23-13)22-10(5-24)12(25)26/h1-4,10,24H,5H2,(H,25,26)(H2,20,21,22,23)/t10-/m1/s1. The van der Waals surface area contributed by atoms with Crippen molar-refractivity contribution in [2.24, 2.45) is 0 Å². The first-order chi connectivity index (χ1) is 12.1. The summed E-state index contributed by atoms with van der Waals surface area (Å²) < 4.78 is 39.2. The van der Waals surface area contributed by atoms with Gasteiger partial charge in [0.05, 0.1) is 16.7 Å². The average Bonchev–Trinajstić information content (AvgIpc) is 2.55. The van der Waals surface area contributed by atoms with Gasteiger partial charge in [-0.25, -0.2) is 9.78 Å². The maximum Gasteiger partial charge on any atom is 0.421 e. The van der Waals surface area contributed by atoms with E-state index in [2.05, 4.69) is 15.3 Å². The Hall–Kier alpha value is -2.30. The smallest absolute Gasteiger partial charge is 0.421 e. The number of aliphatic carboxylic acids is 1. The van der Waals surface area contributed by atoms with Crippen molar-refractivity contribution in [2.75, 3.05) is 17.2 Å². The summed E-state index contributed by atoms with van der Waals surface area (Å²) in [5.41, 5.74) is -0.932. The van der Waals surface area contributed by atoms with Gasteiger partial charge in [0.2, 0.25) is 5.95 Å². The second-order valence-electron chi connectivity index (χ2n) is 4.93. The Morgan fingerprint density at radius 3 is 2.50 bits per heavy atom. The lowest BCUT2D eigenvalue weighted by atomic mass is 10.2. The number of benzene rings is 1. The Morgan fingerprint density at radius 2 is 1.96 bits per heavy atom. The molecule has 1 aromatic carbocycles. The van der Waals surface area contributed by atoms with Gasteiger partial charge < -0.3 is 20.8 Å². The zero-order valence-electron chi connectivity index (χ0n) is 12.7. The van der Waals surface area contributed by atoms with Crippen LogP contribution in [-0.2, 0) is 11.0 Å². The summed E-state index contributed by atoms with van der Waals surface area (Å²) in [5.74, 6) is -2.59. The molecule has 2 rings (SSSR count). The summed E-state index contributed by atoms with van der Waals surface area (Å²) in [7, 11) is 0. The Morgan fingerprint density at radius 1 is 1.27 bits per heavy atom. The molecule has 0 fully saturated rings. The van der Waals surface area contributed by atoms with Gasteiger partial charge in [-0.15, -0.1) is 0 Å². The lowest BCUT2D eigenvalue weighted by Gasteiger charge is -2.17. The third-order valence-electron chi connectivity index (χ3n) is 3.06.